The third-order valence-corrected chi connectivity index (χ3v) is 3.96. The van der Waals surface area contributed by atoms with E-state index in [0.29, 0.717) is 24.2 Å². The number of carbonyl (C=O) groups is 2. The first kappa shape index (κ1) is 15.2. The summed E-state index contributed by atoms with van der Waals surface area (Å²) in [6.07, 6.45) is 0. The molecule has 1 heterocycles. The molecule has 118 valence electrons. The summed E-state index contributed by atoms with van der Waals surface area (Å²) in [5.41, 5.74) is 2.20. The summed E-state index contributed by atoms with van der Waals surface area (Å²) >= 11 is 0. The summed E-state index contributed by atoms with van der Waals surface area (Å²) in [4.78, 5) is 26.6. The SMILES string of the molecule is Cc1ccc(C(=O)N2CCNC(=O)C2c2ccc(F)cc2)cc1. The lowest BCUT2D eigenvalue weighted by atomic mass is 10.0. The van der Waals surface area contributed by atoms with Crippen molar-refractivity contribution in [2.75, 3.05) is 13.1 Å². The summed E-state index contributed by atoms with van der Waals surface area (Å²) < 4.78 is 13.1. The van der Waals surface area contributed by atoms with E-state index in [1.807, 2.05) is 19.1 Å². The summed E-state index contributed by atoms with van der Waals surface area (Å²) in [6, 6.07) is 12.2. The van der Waals surface area contributed by atoms with Gasteiger partial charge in [0.1, 0.15) is 11.9 Å². The van der Waals surface area contributed by atoms with Crippen LogP contribution < -0.4 is 5.32 Å². The minimum Gasteiger partial charge on any atom is -0.352 e. The summed E-state index contributed by atoms with van der Waals surface area (Å²) in [5.74, 6) is -0.820. The Balaban J connectivity index is 1.94. The van der Waals surface area contributed by atoms with E-state index in [2.05, 4.69) is 5.32 Å². The highest BCUT2D eigenvalue weighted by molar-refractivity contribution is 5.98. The molecule has 1 N–H and O–H groups in total. The van der Waals surface area contributed by atoms with E-state index >= 15 is 0 Å². The number of halogens is 1. The molecule has 2 amide bonds. The van der Waals surface area contributed by atoms with Crippen LogP contribution in [-0.4, -0.2) is 29.8 Å². The molecule has 0 aliphatic carbocycles. The maximum Gasteiger partial charge on any atom is 0.254 e. The molecular weight excluding hydrogens is 295 g/mol. The van der Waals surface area contributed by atoms with Gasteiger partial charge in [0.15, 0.2) is 0 Å². The van der Waals surface area contributed by atoms with E-state index in [9.17, 15) is 14.0 Å². The van der Waals surface area contributed by atoms with E-state index in [4.69, 9.17) is 0 Å². The number of carbonyl (C=O) groups excluding carboxylic acids is 2. The molecule has 23 heavy (non-hydrogen) atoms. The van der Waals surface area contributed by atoms with E-state index in [0.717, 1.165) is 5.56 Å². The molecule has 0 bridgehead atoms. The minimum absolute atomic E-state index is 0.200. The summed E-state index contributed by atoms with van der Waals surface area (Å²) in [5, 5.41) is 2.76. The average Bonchev–Trinajstić information content (AvgIpc) is 2.56. The van der Waals surface area contributed by atoms with E-state index in [-0.39, 0.29) is 17.6 Å². The number of aryl methyl sites for hydroxylation is 1. The van der Waals surface area contributed by atoms with Crippen molar-refractivity contribution in [2.45, 2.75) is 13.0 Å². The zero-order chi connectivity index (χ0) is 16.4. The Bertz CT molecular complexity index is 726. The number of nitrogens with one attached hydrogen (secondary N) is 1. The van der Waals surface area contributed by atoms with Crippen LogP contribution in [0.1, 0.15) is 27.5 Å². The van der Waals surface area contributed by atoms with Crippen molar-refractivity contribution in [1.29, 1.82) is 0 Å². The van der Waals surface area contributed by atoms with Gasteiger partial charge in [-0.2, -0.15) is 0 Å². The number of hydrogen-bond donors (Lipinski definition) is 1. The molecule has 2 aromatic rings. The smallest absolute Gasteiger partial charge is 0.254 e. The molecule has 1 aliphatic heterocycles. The standard InChI is InChI=1S/C18H17FN2O2/c1-12-2-4-14(5-3-12)18(23)21-11-10-20-17(22)16(21)13-6-8-15(19)9-7-13/h2-9,16H,10-11H2,1H3,(H,20,22). The lowest BCUT2D eigenvalue weighted by Gasteiger charge is -2.35. The Hall–Kier alpha value is -2.69. The van der Waals surface area contributed by atoms with Crippen LogP contribution in [0.5, 0.6) is 0 Å². The Labute approximate surface area is 133 Å². The van der Waals surface area contributed by atoms with Crippen LogP contribution in [0.2, 0.25) is 0 Å². The molecule has 0 spiro atoms. The fourth-order valence-electron chi connectivity index (χ4n) is 2.72. The van der Waals surface area contributed by atoms with Gasteiger partial charge in [-0.15, -0.1) is 0 Å². The highest BCUT2D eigenvalue weighted by Gasteiger charge is 2.34. The molecular formula is C18H17FN2O2. The van der Waals surface area contributed by atoms with Gasteiger partial charge in [-0.05, 0) is 36.8 Å². The Kier molecular flexibility index (Phi) is 4.10. The van der Waals surface area contributed by atoms with Crippen molar-refractivity contribution in [3.63, 3.8) is 0 Å². The second kappa shape index (κ2) is 6.20. The Morgan fingerprint density at radius 3 is 2.43 bits per heavy atom. The second-order valence-electron chi connectivity index (χ2n) is 5.61. The molecule has 0 radical (unpaired) electrons. The molecule has 2 aromatic carbocycles. The minimum atomic E-state index is -0.738. The lowest BCUT2D eigenvalue weighted by molar-refractivity contribution is -0.128. The fraction of sp³-hybridized carbons (Fsp3) is 0.222. The number of piperazine rings is 1. The van der Waals surface area contributed by atoms with Gasteiger partial charge in [0, 0.05) is 18.7 Å². The van der Waals surface area contributed by atoms with Gasteiger partial charge in [0.2, 0.25) is 5.91 Å². The van der Waals surface area contributed by atoms with E-state index in [1.165, 1.54) is 17.0 Å². The Morgan fingerprint density at radius 1 is 1.13 bits per heavy atom. The van der Waals surface area contributed by atoms with Crippen LogP contribution in [0, 0.1) is 12.7 Å². The van der Waals surface area contributed by atoms with Crippen molar-refractivity contribution < 1.29 is 14.0 Å². The van der Waals surface area contributed by atoms with Gasteiger partial charge >= 0.3 is 0 Å². The van der Waals surface area contributed by atoms with Gasteiger partial charge in [-0.1, -0.05) is 29.8 Å². The molecule has 3 rings (SSSR count). The first-order chi connectivity index (χ1) is 11.1. The zero-order valence-corrected chi connectivity index (χ0v) is 12.8. The average molecular weight is 312 g/mol. The quantitative estimate of drug-likeness (QED) is 0.926. The van der Waals surface area contributed by atoms with Crippen LogP contribution >= 0.6 is 0 Å². The van der Waals surface area contributed by atoms with Gasteiger partial charge < -0.3 is 10.2 Å². The molecule has 1 atom stereocenters. The number of amides is 2. The topological polar surface area (TPSA) is 49.4 Å². The molecule has 5 heteroatoms. The van der Waals surface area contributed by atoms with Gasteiger partial charge in [-0.25, -0.2) is 4.39 Å². The van der Waals surface area contributed by atoms with Crippen molar-refractivity contribution in [1.82, 2.24) is 10.2 Å². The van der Waals surface area contributed by atoms with Crippen molar-refractivity contribution in [2.24, 2.45) is 0 Å². The molecule has 1 saturated heterocycles. The highest BCUT2D eigenvalue weighted by atomic mass is 19.1. The number of hydrogen-bond acceptors (Lipinski definition) is 2. The molecule has 0 aromatic heterocycles. The molecule has 1 aliphatic rings. The first-order valence-electron chi connectivity index (χ1n) is 7.47. The summed E-state index contributed by atoms with van der Waals surface area (Å²) in [6.45, 7) is 2.78. The molecule has 4 nitrogen and oxygen atoms in total. The van der Waals surface area contributed by atoms with Crippen LogP contribution in [0.25, 0.3) is 0 Å². The molecule has 1 fully saturated rings. The number of benzene rings is 2. The first-order valence-corrected chi connectivity index (χ1v) is 7.47. The maximum atomic E-state index is 13.1. The third-order valence-electron chi connectivity index (χ3n) is 3.96. The zero-order valence-electron chi connectivity index (χ0n) is 12.8. The molecule has 1 unspecified atom stereocenters. The highest BCUT2D eigenvalue weighted by Crippen LogP contribution is 2.25. The van der Waals surface area contributed by atoms with Gasteiger partial charge in [0.05, 0.1) is 0 Å². The van der Waals surface area contributed by atoms with E-state index in [1.54, 1.807) is 24.3 Å². The number of nitrogens with zero attached hydrogens (tertiary/aromatic N) is 1. The fourth-order valence-corrected chi connectivity index (χ4v) is 2.72. The van der Waals surface area contributed by atoms with Crippen LogP contribution in [0.15, 0.2) is 48.5 Å². The third kappa shape index (κ3) is 3.08. The van der Waals surface area contributed by atoms with Crippen LogP contribution in [0.3, 0.4) is 0 Å². The predicted molar refractivity (Wildman–Crippen MR) is 84.4 cm³/mol. The molecule has 0 saturated carbocycles. The second-order valence-corrected chi connectivity index (χ2v) is 5.61. The predicted octanol–water partition coefficient (Wildman–Crippen LogP) is 2.45. The monoisotopic (exact) mass is 312 g/mol. The van der Waals surface area contributed by atoms with Gasteiger partial charge in [0.25, 0.3) is 5.91 Å². The van der Waals surface area contributed by atoms with Gasteiger partial charge in [-0.3, -0.25) is 9.59 Å². The largest absolute Gasteiger partial charge is 0.352 e. The van der Waals surface area contributed by atoms with E-state index < -0.39 is 6.04 Å². The van der Waals surface area contributed by atoms with Crippen LogP contribution in [-0.2, 0) is 4.79 Å². The maximum absolute atomic E-state index is 13.1. The normalized spacial score (nSPS) is 17.7. The van der Waals surface area contributed by atoms with Crippen molar-refractivity contribution in [3.8, 4) is 0 Å². The Morgan fingerprint density at radius 2 is 1.78 bits per heavy atom. The van der Waals surface area contributed by atoms with Crippen molar-refractivity contribution in [3.05, 3.63) is 71.0 Å². The lowest BCUT2D eigenvalue weighted by Crippen LogP contribution is -2.52. The number of rotatable bonds is 2. The van der Waals surface area contributed by atoms with Crippen molar-refractivity contribution >= 4 is 11.8 Å². The van der Waals surface area contributed by atoms with Crippen LogP contribution in [0.4, 0.5) is 4.39 Å². The summed E-state index contributed by atoms with van der Waals surface area (Å²) in [7, 11) is 0.